The first-order valence-corrected chi connectivity index (χ1v) is 6.59. The number of benzene rings is 1. The monoisotopic (exact) mass is 294 g/mol. The van der Waals surface area contributed by atoms with E-state index in [1.807, 2.05) is 30.3 Å². The lowest BCUT2D eigenvalue weighted by Crippen LogP contribution is -2.48. The van der Waals surface area contributed by atoms with Gasteiger partial charge >= 0.3 is 0 Å². The van der Waals surface area contributed by atoms with Gasteiger partial charge in [-0.25, -0.2) is 0 Å². The average molecular weight is 294 g/mol. The molecule has 0 bridgehead atoms. The van der Waals surface area contributed by atoms with Crippen LogP contribution in [0, 0.1) is 0 Å². The molecule has 2 N–H and O–H groups in total. The Morgan fingerprint density at radius 2 is 1.95 bits per heavy atom. The summed E-state index contributed by atoms with van der Waals surface area (Å²) in [6.07, 6.45) is 0.423. The Hall–Kier alpha value is -1.95. The summed E-state index contributed by atoms with van der Waals surface area (Å²) in [6, 6.07) is 8.85. The van der Waals surface area contributed by atoms with Gasteiger partial charge in [-0.2, -0.15) is 0 Å². The summed E-state index contributed by atoms with van der Waals surface area (Å²) in [5.41, 5.74) is 0.968. The van der Waals surface area contributed by atoms with Gasteiger partial charge in [-0.15, -0.1) is 0 Å². The molecule has 2 amide bonds. The lowest BCUT2D eigenvalue weighted by molar-refractivity contribution is -0.127. The van der Waals surface area contributed by atoms with Crippen LogP contribution in [0.15, 0.2) is 30.3 Å². The number of carbonyl (C=O) groups excluding carboxylic acids is 2. The van der Waals surface area contributed by atoms with Crippen LogP contribution in [0.3, 0.4) is 0 Å². The van der Waals surface area contributed by atoms with Gasteiger partial charge in [-0.1, -0.05) is 30.3 Å². The molecule has 0 fully saturated rings. The van der Waals surface area contributed by atoms with Crippen molar-refractivity contribution < 1.29 is 14.3 Å². The molecule has 0 aromatic heterocycles. The van der Waals surface area contributed by atoms with E-state index in [-0.39, 0.29) is 18.4 Å². The number of rotatable bonds is 6. The molecule has 6 heteroatoms. The van der Waals surface area contributed by atoms with Crippen LogP contribution in [0.5, 0.6) is 0 Å². The fourth-order valence-electron chi connectivity index (χ4n) is 1.66. The zero-order valence-electron chi connectivity index (χ0n) is 11.5. The number of amides is 2. The van der Waals surface area contributed by atoms with Crippen molar-refractivity contribution in [3.8, 4) is 0 Å². The lowest BCUT2D eigenvalue weighted by atomic mass is 10.1. The molecular weight excluding hydrogens is 276 g/mol. The summed E-state index contributed by atoms with van der Waals surface area (Å²) in [5, 5.41) is 5.57. The van der Waals surface area contributed by atoms with Gasteiger partial charge in [0.25, 0.3) is 0 Å². The van der Waals surface area contributed by atoms with E-state index < -0.39 is 6.04 Å². The third-order valence-corrected chi connectivity index (χ3v) is 2.92. The number of thiocarbonyl (C=S) groups is 1. The Labute approximate surface area is 123 Å². The Balaban J connectivity index is 2.66. The zero-order valence-corrected chi connectivity index (χ0v) is 12.3. The summed E-state index contributed by atoms with van der Waals surface area (Å²) in [5.74, 6) is -0.543. The number of carbonyl (C=O) groups is 2. The van der Waals surface area contributed by atoms with E-state index in [1.165, 1.54) is 14.0 Å². The van der Waals surface area contributed by atoms with Gasteiger partial charge < -0.3 is 15.4 Å². The van der Waals surface area contributed by atoms with Gasteiger partial charge in [-0.05, 0) is 17.8 Å². The van der Waals surface area contributed by atoms with E-state index in [9.17, 15) is 9.59 Å². The minimum atomic E-state index is -0.630. The molecule has 0 saturated carbocycles. The molecule has 0 unspecified atom stereocenters. The van der Waals surface area contributed by atoms with Gasteiger partial charge in [0.2, 0.25) is 11.8 Å². The largest absolute Gasteiger partial charge is 0.488 e. The van der Waals surface area contributed by atoms with Crippen LogP contribution in [0.2, 0.25) is 0 Å². The molecule has 20 heavy (non-hydrogen) atoms. The molecule has 5 nitrogen and oxygen atoms in total. The van der Waals surface area contributed by atoms with Crippen LogP contribution in [-0.2, 0) is 20.7 Å². The molecule has 1 rings (SSSR count). The van der Waals surface area contributed by atoms with Crippen molar-refractivity contribution in [3.05, 3.63) is 35.9 Å². The third-order valence-electron chi connectivity index (χ3n) is 2.61. The van der Waals surface area contributed by atoms with E-state index in [0.29, 0.717) is 11.5 Å². The Bertz CT molecular complexity index is 477. The lowest BCUT2D eigenvalue weighted by Gasteiger charge is -2.17. The van der Waals surface area contributed by atoms with Crippen LogP contribution >= 0.6 is 12.2 Å². The van der Waals surface area contributed by atoms with Gasteiger partial charge in [0.15, 0.2) is 5.05 Å². The maximum Gasteiger partial charge on any atom is 0.243 e. The van der Waals surface area contributed by atoms with Crippen LogP contribution in [-0.4, -0.2) is 36.6 Å². The van der Waals surface area contributed by atoms with E-state index in [2.05, 4.69) is 10.6 Å². The standard InChI is InChI=1S/C14H18N2O3S/c1-10(17)16-12(8-11-6-4-3-5-7-11)14(18)15-9-13(20)19-2/h3-7,12H,8-9H2,1-2H3,(H,15,18)(H,16,17)/t12-/m0/s1. The molecule has 0 spiro atoms. The molecule has 1 aromatic rings. The molecule has 1 aromatic carbocycles. The van der Waals surface area contributed by atoms with Crippen molar-refractivity contribution in [3.63, 3.8) is 0 Å². The Morgan fingerprint density at radius 3 is 2.50 bits per heavy atom. The predicted molar refractivity (Wildman–Crippen MR) is 80.4 cm³/mol. The number of nitrogens with one attached hydrogen (secondary N) is 2. The fraction of sp³-hybridized carbons (Fsp3) is 0.357. The summed E-state index contributed by atoms with van der Waals surface area (Å²) in [4.78, 5) is 23.3. The van der Waals surface area contributed by atoms with Crippen LogP contribution in [0.25, 0.3) is 0 Å². The van der Waals surface area contributed by atoms with Crippen molar-refractivity contribution in [2.24, 2.45) is 0 Å². The first-order valence-electron chi connectivity index (χ1n) is 6.18. The summed E-state index contributed by atoms with van der Waals surface area (Å²) in [7, 11) is 1.45. The summed E-state index contributed by atoms with van der Waals surface area (Å²) >= 11 is 4.85. The van der Waals surface area contributed by atoms with E-state index in [0.717, 1.165) is 5.56 Å². The topological polar surface area (TPSA) is 67.4 Å². The van der Waals surface area contributed by atoms with Crippen molar-refractivity contribution >= 4 is 29.1 Å². The maximum atomic E-state index is 12.1. The van der Waals surface area contributed by atoms with Gasteiger partial charge in [0.1, 0.15) is 6.04 Å². The van der Waals surface area contributed by atoms with Crippen molar-refractivity contribution in [1.82, 2.24) is 10.6 Å². The summed E-state index contributed by atoms with van der Waals surface area (Å²) in [6.45, 7) is 1.53. The summed E-state index contributed by atoms with van der Waals surface area (Å²) < 4.78 is 4.81. The molecule has 1 atom stereocenters. The highest BCUT2D eigenvalue weighted by atomic mass is 32.1. The van der Waals surface area contributed by atoms with Crippen LogP contribution in [0.4, 0.5) is 0 Å². The van der Waals surface area contributed by atoms with E-state index in [1.54, 1.807) is 0 Å². The van der Waals surface area contributed by atoms with E-state index in [4.69, 9.17) is 17.0 Å². The molecule has 0 aliphatic carbocycles. The second-order valence-corrected chi connectivity index (χ2v) is 4.69. The molecule has 108 valence electrons. The number of methoxy groups -OCH3 is 1. The third kappa shape index (κ3) is 5.79. The van der Waals surface area contributed by atoms with Crippen molar-refractivity contribution in [2.75, 3.05) is 13.7 Å². The van der Waals surface area contributed by atoms with Gasteiger partial charge in [0, 0.05) is 13.3 Å². The molecular formula is C14H18N2O3S. The highest BCUT2D eigenvalue weighted by Gasteiger charge is 2.19. The second-order valence-electron chi connectivity index (χ2n) is 4.24. The Kier molecular flexibility index (Phi) is 6.66. The number of hydrogen-bond acceptors (Lipinski definition) is 4. The minimum Gasteiger partial charge on any atom is -0.488 e. The molecule has 0 heterocycles. The molecule has 0 radical (unpaired) electrons. The smallest absolute Gasteiger partial charge is 0.243 e. The SMILES string of the molecule is COC(=S)CNC(=O)[C@H](Cc1ccccc1)NC(C)=O. The zero-order chi connectivity index (χ0) is 15.0. The average Bonchev–Trinajstić information content (AvgIpc) is 2.44. The first-order chi connectivity index (χ1) is 9.52. The molecule has 0 saturated heterocycles. The van der Waals surface area contributed by atoms with Crippen molar-refractivity contribution in [1.29, 1.82) is 0 Å². The van der Waals surface area contributed by atoms with Gasteiger partial charge in [-0.3, -0.25) is 9.59 Å². The Morgan fingerprint density at radius 1 is 1.30 bits per heavy atom. The normalized spacial score (nSPS) is 11.3. The number of hydrogen-bond donors (Lipinski definition) is 2. The quantitative estimate of drug-likeness (QED) is 0.763. The molecule has 0 aliphatic rings. The molecule has 0 aliphatic heterocycles. The highest BCUT2D eigenvalue weighted by molar-refractivity contribution is 7.80. The first kappa shape index (κ1) is 16.1. The predicted octanol–water partition coefficient (Wildman–Crippen LogP) is 0.824. The number of ether oxygens (including phenoxy) is 1. The minimum absolute atomic E-state index is 0.148. The fourth-order valence-corrected chi connectivity index (χ4v) is 1.73. The highest BCUT2D eigenvalue weighted by Crippen LogP contribution is 2.03. The van der Waals surface area contributed by atoms with Crippen LogP contribution in [0.1, 0.15) is 12.5 Å². The van der Waals surface area contributed by atoms with E-state index >= 15 is 0 Å². The van der Waals surface area contributed by atoms with Gasteiger partial charge in [0.05, 0.1) is 13.7 Å². The van der Waals surface area contributed by atoms with Crippen molar-refractivity contribution in [2.45, 2.75) is 19.4 Å². The van der Waals surface area contributed by atoms with Crippen LogP contribution < -0.4 is 10.6 Å². The maximum absolute atomic E-state index is 12.1. The second kappa shape index (κ2) is 8.27.